The second kappa shape index (κ2) is 4.79. The van der Waals surface area contributed by atoms with Crippen molar-refractivity contribution in [2.45, 2.75) is 18.4 Å². The molecule has 0 saturated heterocycles. The number of rotatable bonds is 1. The van der Waals surface area contributed by atoms with Gasteiger partial charge in [-0.25, -0.2) is 0 Å². The Hall–Kier alpha value is -0.660. The molecule has 0 spiro atoms. The van der Waals surface area contributed by atoms with Gasteiger partial charge in [0.1, 0.15) is 6.04 Å². The summed E-state index contributed by atoms with van der Waals surface area (Å²) in [7, 11) is 0. The fourth-order valence-electron chi connectivity index (χ4n) is 1.21. The Morgan fingerprint density at radius 3 is 1.61 bits per heavy atom. The summed E-state index contributed by atoms with van der Waals surface area (Å²) in [6, 6.07) is -1.83. The lowest BCUT2D eigenvalue weighted by atomic mass is 10.0. The summed E-state index contributed by atoms with van der Waals surface area (Å²) in [5, 5.41) is -1.56. The molecule has 0 aliphatic carbocycles. The van der Waals surface area contributed by atoms with Crippen molar-refractivity contribution in [3.05, 3.63) is 33.3 Å². The molecule has 1 aromatic carbocycles. The number of nitrogens with two attached hydrogens (primary N) is 1. The summed E-state index contributed by atoms with van der Waals surface area (Å²) in [6.45, 7) is 0. The molecule has 0 aromatic heterocycles. The number of alkyl halides is 6. The first kappa shape index (κ1) is 15.4. The molecule has 0 unspecified atom stereocenters. The van der Waals surface area contributed by atoms with E-state index < -0.39 is 39.6 Å². The largest absolute Gasteiger partial charge is 0.416 e. The van der Waals surface area contributed by atoms with Crippen LogP contribution in [-0.2, 0) is 6.18 Å². The van der Waals surface area contributed by atoms with E-state index in [-0.39, 0.29) is 0 Å². The smallest absolute Gasteiger partial charge is 0.316 e. The van der Waals surface area contributed by atoms with Crippen LogP contribution < -0.4 is 5.73 Å². The molecule has 18 heavy (non-hydrogen) atoms. The van der Waals surface area contributed by atoms with Crippen molar-refractivity contribution in [3.8, 4) is 0 Å². The van der Waals surface area contributed by atoms with Gasteiger partial charge in [-0.15, -0.1) is 0 Å². The quantitative estimate of drug-likeness (QED) is 0.755. The molecule has 0 aliphatic heterocycles. The van der Waals surface area contributed by atoms with Gasteiger partial charge < -0.3 is 5.73 Å². The van der Waals surface area contributed by atoms with E-state index in [1.807, 2.05) is 0 Å². The third kappa shape index (κ3) is 3.21. The van der Waals surface area contributed by atoms with Gasteiger partial charge in [-0.3, -0.25) is 0 Å². The molecule has 9 heteroatoms. The van der Waals surface area contributed by atoms with Gasteiger partial charge in [0, 0.05) is 15.6 Å². The minimum Gasteiger partial charge on any atom is -0.316 e. The molecule has 1 aromatic rings. The highest BCUT2D eigenvalue weighted by Crippen LogP contribution is 2.41. The lowest BCUT2D eigenvalue weighted by molar-refractivity contribution is -0.149. The Morgan fingerprint density at radius 2 is 1.33 bits per heavy atom. The van der Waals surface area contributed by atoms with Crippen LogP contribution in [0.4, 0.5) is 26.3 Å². The van der Waals surface area contributed by atoms with E-state index in [1.54, 1.807) is 0 Å². The van der Waals surface area contributed by atoms with E-state index in [0.29, 0.717) is 12.1 Å². The predicted molar refractivity (Wildman–Crippen MR) is 54.4 cm³/mol. The Balaban J connectivity index is 3.34. The van der Waals surface area contributed by atoms with E-state index >= 15 is 0 Å². The summed E-state index contributed by atoms with van der Waals surface area (Å²) >= 11 is 10.8. The van der Waals surface area contributed by atoms with E-state index in [0.717, 1.165) is 0 Å². The minimum atomic E-state index is -4.85. The molecule has 0 aliphatic rings. The Labute approximate surface area is 107 Å². The number of hydrogen-bond donors (Lipinski definition) is 1. The summed E-state index contributed by atoms with van der Waals surface area (Å²) < 4.78 is 74.1. The van der Waals surface area contributed by atoms with Gasteiger partial charge >= 0.3 is 12.4 Å². The third-order valence-corrected chi connectivity index (χ3v) is 2.70. The van der Waals surface area contributed by atoms with Crippen molar-refractivity contribution in [1.29, 1.82) is 0 Å². The lowest BCUT2D eigenvalue weighted by Crippen LogP contribution is -2.29. The van der Waals surface area contributed by atoms with Gasteiger partial charge in [0.2, 0.25) is 0 Å². The first-order chi connectivity index (χ1) is 7.94. The summed E-state index contributed by atoms with van der Waals surface area (Å²) in [4.78, 5) is 0. The van der Waals surface area contributed by atoms with Crippen LogP contribution in [0.25, 0.3) is 0 Å². The first-order valence-electron chi connectivity index (χ1n) is 4.33. The van der Waals surface area contributed by atoms with E-state index in [9.17, 15) is 26.3 Å². The lowest BCUT2D eigenvalue weighted by Gasteiger charge is -2.19. The van der Waals surface area contributed by atoms with Crippen molar-refractivity contribution in [2.24, 2.45) is 5.73 Å². The molecule has 0 bridgehead atoms. The van der Waals surface area contributed by atoms with Crippen LogP contribution in [0.3, 0.4) is 0 Å². The van der Waals surface area contributed by atoms with Gasteiger partial charge in [-0.2, -0.15) is 26.3 Å². The van der Waals surface area contributed by atoms with E-state index in [2.05, 4.69) is 0 Å². The van der Waals surface area contributed by atoms with Crippen molar-refractivity contribution in [3.63, 3.8) is 0 Å². The predicted octanol–water partition coefficient (Wildman–Crippen LogP) is 4.57. The molecule has 0 amide bonds. The maximum absolute atomic E-state index is 12.4. The SMILES string of the molecule is N[C@@H](c1c(Cl)cc(C(F)(F)F)cc1Cl)C(F)(F)F. The first-order valence-corrected chi connectivity index (χ1v) is 5.08. The average molecular weight is 312 g/mol. The molecule has 1 atom stereocenters. The second-order valence-electron chi connectivity index (χ2n) is 3.37. The van der Waals surface area contributed by atoms with Crippen LogP contribution in [0.2, 0.25) is 10.0 Å². The maximum atomic E-state index is 12.4. The minimum absolute atomic E-state index is 0.356. The van der Waals surface area contributed by atoms with Gasteiger partial charge in [-0.1, -0.05) is 23.2 Å². The molecule has 1 rings (SSSR count). The topological polar surface area (TPSA) is 26.0 Å². The van der Waals surface area contributed by atoms with E-state index in [1.165, 1.54) is 0 Å². The van der Waals surface area contributed by atoms with Gasteiger partial charge in [0.05, 0.1) is 5.56 Å². The Bertz CT molecular complexity index is 430. The van der Waals surface area contributed by atoms with Gasteiger partial charge in [-0.05, 0) is 12.1 Å². The van der Waals surface area contributed by atoms with Crippen LogP contribution >= 0.6 is 23.2 Å². The monoisotopic (exact) mass is 311 g/mol. The van der Waals surface area contributed by atoms with Crippen LogP contribution in [0, 0.1) is 0 Å². The highest BCUT2D eigenvalue weighted by atomic mass is 35.5. The molecule has 0 radical (unpaired) electrons. The highest BCUT2D eigenvalue weighted by Gasteiger charge is 2.41. The average Bonchev–Trinajstić information content (AvgIpc) is 2.13. The molecular formula is C9H5Cl2F6N. The van der Waals surface area contributed by atoms with Crippen LogP contribution in [0.1, 0.15) is 17.2 Å². The molecule has 0 saturated carbocycles. The van der Waals surface area contributed by atoms with Crippen molar-refractivity contribution >= 4 is 23.2 Å². The summed E-state index contributed by atoms with van der Waals surface area (Å²) in [6.07, 6.45) is -9.61. The van der Waals surface area contributed by atoms with Crippen LogP contribution in [0.15, 0.2) is 12.1 Å². The molecular weight excluding hydrogens is 307 g/mol. The molecule has 0 fully saturated rings. The van der Waals surface area contributed by atoms with Crippen molar-refractivity contribution in [1.82, 2.24) is 0 Å². The van der Waals surface area contributed by atoms with Gasteiger partial charge in [0.15, 0.2) is 0 Å². The zero-order valence-corrected chi connectivity index (χ0v) is 9.84. The molecule has 102 valence electrons. The number of hydrogen-bond acceptors (Lipinski definition) is 1. The molecule has 0 heterocycles. The van der Waals surface area contributed by atoms with Crippen molar-refractivity contribution < 1.29 is 26.3 Å². The number of benzene rings is 1. The standard InChI is InChI=1S/C9H5Cl2F6N/c10-4-1-3(8(12,13)14)2-5(11)6(4)7(18)9(15,16)17/h1-2,7H,18H2/t7-/m0/s1. The fraction of sp³-hybridized carbons (Fsp3) is 0.333. The fourth-order valence-corrected chi connectivity index (χ4v) is 1.93. The zero-order valence-electron chi connectivity index (χ0n) is 8.33. The normalized spacial score (nSPS) is 14.7. The van der Waals surface area contributed by atoms with Crippen LogP contribution in [-0.4, -0.2) is 6.18 Å². The number of halogens is 8. The summed E-state index contributed by atoms with van der Waals surface area (Å²) in [5.74, 6) is 0. The van der Waals surface area contributed by atoms with Crippen molar-refractivity contribution in [2.75, 3.05) is 0 Å². The summed E-state index contributed by atoms with van der Waals surface area (Å²) in [5.41, 5.74) is 2.84. The Kier molecular flexibility index (Phi) is 4.10. The highest BCUT2D eigenvalue weighted by molar-refractivity contribution is 6.36. The second-order valence-corrected chi connectivity index (χ2v) is 4.19. The Morgan fingerprint density at radius 1 is 0.944 bits per heavy atom. The van der Waals surface area contributed by atoms with E-state index in [4.69, 9.17) is 28.9 Å². The zero-order chi connectivity index (χ0) is 14.3. The van der Waals surface area contributed by atoms with Gasteiger partial charge in [0.25, 0.3) is 0 Å². The van der Waals surface area contributed by atoms with Crippen LogP contribution in [0.5, 0.6) is 0 Å². The molecule has 2 N–H and O–H groups in total. The maximum Gasteiger partial charge on any atom is 0.416 e. The molecule has 1 nitrogen and oxygen atoms in total. The third-order valence-electron chi connectivity index (χ3n) is 2.07.